The fourth-order valence-corrected chi connectivity index (χ4v) is 4.78. The summed E-state index contributed by atoms with van der Waals surface area (Å²) in [4.78, 5) is 12.9. The molecule has 2 aromatic carbocycles. The van der Waals surface area contributed by atoms with Gasteiger partial charge < -0.3 is 4.43 Å². The molecule has 0 N–H and O–H groups in total. The topological polar surface area (TPSA) is 26.3 Å². The van der Waals surface area contributed by atoms with Gasteiger partial charge in [-0.1, -0.05) is 51.1 Å². The van der Waals surface area contributed by atoms with Crippen molar-refractivity contribution in [3.05, 3.63) is 47.0 Å². The van der Waals surface area contributed by atoms with E-state index in [0.717, 1.165) is 22.9 Å². The van der Waals surface area contributed by atoms with Crippen molar-refractivity contribution in [3.8, 4) is 0 Å². The zero-order chi connectivity index (χ0) is 17.7. The molecule has 0 heterocycles. The van der Waals surface area contributed by atoms with Crippen LogP contribution in [0.3, 0.4) is 0 Å². The van der Waals surface area contributed by atoms with E-state index in [9.17, 15) is 4.79 Å². The number of hydrogen-bond acceptors (Lipinski definition) is 2. The molecule has 3 rings (SSSR count). The molecule has 3 heteroatoms. The van der Waals surface area contributed by atoms with E-state index in [-0.39, 0.29) is 16.9 Å². The van der Waals surface area contributed by atoms with Crippen molar-refractivity contribution < 1.29 is 9.22 Å². The van der Waals surface area contributed by atoms with Crippen LogP contribution in [-0.2, 0) is 10.8 Å². The van der Waals surface area contributed by atoms with E-state index in [4.69, 9.17) is 4.43 Å². The fraction of sp³-hybridized carbons (Fsp3) is 0.476. The largest absolute Gasteiger partial charge is 0.413 e. The first kappa shape index (κ1) is 17.4. The summed E-state index contributed by atoms with van der Waals surface area (Å²) in [6.07, 6.45) is 1.37. The third-order valence-corrected chi connectivity index (χ3v) is 10.3. The van der Waals surface area contributed by atoms with Crippen LogP contribution in [-0.4, -0.2) is 20.2 Å². The first-order valence-electron chi connectivity index (χ1n) is 8.82. The summed E-state index contributed by atoms with van der Waals surface area (Å²) in [7, 11) is -1.86. The highest BCUT2D eigenvalue weighted by Crippen LogP contribution is 2.40. The van der Waals surface area contributed by atoms with Crippen LogP contribution in [0.2, 0.25) is 18.1 Å². The number of ketones is 1. The van der Waals surface area contributed by atoms with Gasteiger partial charge in [0.2, 0.25) is 0 Å². The lowest BCUT2D eigenvalue weighted by Gasteiger charge is -2.40. The van der Waals surface area contributed by atoms with Crippen LogP contribution in [0.5, 0.6) is 0 Å². The number of Topliss-reactive ketones (excluding diaryl/α,β-unsaturated/α-hetero) is 1. The van der Waals surface area contributed by atoms with Crippen LogP contribution in [0.4, 0.5) is 0 Å². The van der Waals surface area contributed by atoms with Crippen LogP contribution in [0.25, 0.3) is 10.8 Å². The number of fused-ring (bicyclic) bond motifs is 3. The highest BCUT2D eigenvalue weighted by Gasteiger charge is 2.40. The van der Waals surface area contributed by atoms with E-state index >= 15 is 0 Å². The molecule has 0 radical (unpaired) electrons. The van der Waals surface area contributed by atoms with Gasteiger partial charge in [-0.05, 0) is 53.4 Å². The minimum absolute atomic E-state index is 0.0199. The molecule has 2 nitrogen and oxygen atoms in total. The molecule has 1 atom stereocenters. The Morgan fingerprint density at radius 3 is 2.33 bits per heavy atom. The van der Waals surface area contributed by atoms with Gasteiger partial charge in [0.05, 0.1) is 6.10 Å². The summed E-state index contributed by atoms with van der Waals surface area (Å²) < 4.78 is 6.54. The standard InChI is InChI=1S/C21H28O2Si/c1-14-11-15-12-16(23-24(5,6)21(2,3)4)13-19(22)20(15)18-10-8-7-9-17(14)18/h7-11,16H,12-13H2,1-6H3. The van der Waals surface area contributed by atoms with E-state index in [1.807, 2.05) is 12.1 Å². The third-order valence-electron chi connectivity index (χ3n) is 5.74. The van der Waals surface area contributed by atoms with Crippen molar-refractivity contribution in [2.75, 3.05) is 0 Å². The van der Waals surface area contributed by atoms with Gasteiger partial charge in [0.25, 0.3) is 0 Å². The van der Waals surface area contributed by atoms with Crippen LogP contribution < -0.4 is 0 Å². The van der Waals surface area contributed by atoms with Crippen LogP contribution in [0.1, 0.15) is 48.7 Å². The average molecular weight is 341 g/mol. The zero-order valence-corrected chi connectivity index (χ0v) is 16.7. The number of carbonyl (C=O) groups excluding carboxylic acids is 1. The number of carbonyl (C=O) groups is 1. The van der Waals surface area contributed by atoms with Crippen molar-refractivity contribution in [2.24, 2.45) is 0 Å². The molecule has 0 saturated carbocycles. The Kier molecular flexibility index (Phi) is 4.21. The lowest BCUT2D eigenvalue weighted by atomic mass is 9.84. The van der Waals surface area contributed by atoms with Gasteiger partial charge in [0.15, 0.2) is 14.1 Å². The molecule has 0 aromatic heterocycles. The van der Waals surface area contributed by atoms with Gasteiger partial charge in [0, 0.05) is 12.0 Å². The highest BCUT2D eigenvalue weighted by atomic mass is 28.4. The van der Waals surface area contributed by atoms with Gasteiger partial charge in [-0.25, -0.2) is 0 Å². The van der Waals surface area contributed by atoms with Crippen molar-refractivity contribution in [2.45, 2.75) is 64.8 Å². The second kappa shape index (κ2) is 5.82. The molecule has 0 bridgehead atoms. The molecular weight excluding hydrogens is 312 g/mol. The maximum absolute atomic E-state index is 12.9. The summed E-state index contributed by atoms with van der Waals surface area (Å²) in [5.41, 5.74) is 3.32. The lowest BCUT2D eigenvalue weighted by Crippen LogP contribution is -2.45. The van der Waals surface area contributed by atoms with E-state index in [1.165, 1.54) is 10.9 Å². The molecule has 0 aliphatic heterocycles. The molecule has 1 unspecified atom stereocenters. The highest BCUT2D eigenvalue weighted by molar-refractivity contribution is 6.74. The monoisotopic (exact) mass is 340 g/mol. The Morgan fingerprint density at radius 2 is 1.71 bits per heavy atom. The van der Waals surface area contributed by atoms with E-state index in [2.05, 4.69) is 59.0 Å². The Bertz CT molecular complexity index is 799. The summed E-state index contributed by atoms with van der Waals surface area (Å²) in [5.74, 6) is 0.233. The maximum atomic E-state index is 12.9. The molecular formula is C21H28O2Si. The van der Waals surface area contributed by atoms with Crippen LogP contribution in [0, 0.1) is 6.92 Å². The third kappa shape index (κ3) is 2.95. The van der Waals surface area contributed by atoms with Crippen LogP contribution >= 0.6 is 0 Å². The van der Waals surface area contributed by atoms with Crippen LogP contribution in [0.15, 0.2) is 30.3 Å². The summed E-state index contributed by atoms with van der Waals surface area (Å²) in [5, 5.41) is 2.45. The van der Waals surface area contributed by atoms with E-state index in [1.54, 1.807) is 0 Å². The molecule has 1 aliphatic rings. The minimum Gasteiger partial charge on any atom is -0.413 e. The number of aryl methyl sites for hydroxylation is 1. The summed E-state index contributed by atoms with van der Waals surface area (Å²) >= 11 is 0. The van der Waals surface area contributed by atoms with Gasteiger partial charge in [-0.2, -0.15) is 0 Å². The van der Waals surface area contributed by atoms with Gasteiger partial charge >= 0.3 is 0 Å². The Morgan fingerprint density at radius 1 is 1.08 bits per heavy atom. The molecule has 24 heavy (non-hydrogen) atoms. The normalized spacial score (nSPS) is 18.8. The SMILES string of the molecule is Cc1cc2c(c3ccccc13)C(=O)CC(O[Si](C)(C)C(C)(C)C)C2. The first-order chi connectivity index (χ1) is 11.1. The summed E-state index contributed by atoms with van der Waals surface area (Å²) in [6.45, 7) is 13.4. The zero-order valence-electron chi connectivity index (χ0n) is 15.7. The predicted molar refractivity (Wildman–Crippen MR) is 103 cm³/mol. The van der Waals surface area contributed by atoms with Gasteiger partial charge in [0.1, 0.15) is 0 Å². The molecule has 0 saturated heterocycles. The lowest BCUT2D eigenvalue weighted by molar-refractivity contribution is 0.0869. The molecule has 0 spiro atoms. The molecule has 0 fully saturated rings. The van der Waals surface area contributed by atoms with Gasteiger partial charge in [-0.3, -0.25) is 4.79 Å². The predicted octanol–water partition coefficient (Wildman–Crippen LogP) is 5.67. The minimum atomic E-state index is -1.86. The quantitative estimate of drug-likeness (QED) is 0.659. The molecule has 1 aliphatic carbocycles. The molecule has 128 valence electrons. The van der Waals surface area contributed by atoms with Crippen molar-refractivity contribution in [3.63, 3.8) is 0 Å². The smallest absolute Gasteiger partial charge is 0.192 e. The van der Waals surface area contributed by atoms with Crippen molar-refractivity contribution >= 4 is 24.9 Å². The second-order valence-corrected chi connectivity index (χ2v) is 13.4. The fourth-order valence-electron chi connectivity index (χ4n) is 3.42. The first-order valence-corrected chi connectivity index (χ1v) is 11.7. The molecule has 2 aromatic rings. The Hall–Kier alpha value is -1.45. The Labute approximate surface area is 146 Å². The number of benzene rings is 2. The molecule has 0 amide bonds. The number of rotatable bonds is 2. The average Bonchev–Trinajstić information content (AvgIpc) is 2.45. The van der Waals surface area contributed by atoms with Crippen molar-refractivity contribution in [1.29, 1.82) is 0 Å². The van der Waals surface area contributed by atoms with E-state index in [0.29, 0.717) is 6.42 Å². The number of hydrogen-bond donors (Lipinski definition) is 0. The van der Waals surface area contributed by atoms with Crippen molar-refractivity contribution in [1.82, 2.24) is 0 Å². The van der Waals surface area contributed by atoms with Gasteiger partial charge in [-0.15, -0.1) is 0 Å². The van der Waals surface area contributed by atoms with E-state index < -0.39 is 8.32 Å². The Balaban J connectivity index is 1.99. The summed E-state index contributed by atoms with van der Waals surface area (Å²) in [6, 6.07) is 10.4. The maximum Gasteiger partial charge on any atom is 0.192 e. The second-order valence-electron chi connectivity index (χ2n) is 8.60.